The quantitative estimate of drug-likeness (QED) is 0.233. The van der Waals surface area contributed by atoms with Crippen molar-refractivity contribution in [1.29, 1.82) is 0 Å². The normalized spacial score (nSPS) is 16.0. The lowest BCUT2D eigenvalue weighted by Gasteiger charge is -2.36. The van der Waals surface area contributed by atoms with Gasteiger partial charge in [0.2, 0.25) is 0 Å². The van der Waals surface area contributed by atoms with Crippen LogP contribution in [0.1, 0.15) is 26.2 Å². The molecule has 0 aromatic heterocycles. The number of alkyl halides is 13. The molecule has 0 fully saturated rings. The first-order valence-corrected chi connectivity index (χ1v) is 10.8. The smallest absolute Gasteiger partial charge is 0.391 e. The lowest BCUT2D eigenvalue weighted by molar-refractivity contribution is -0.343. The fourth-order valence-corrected chi connectivity index (χ4v) is 4.59. The van der Waals surface area contributed by atoms with Crippen LogP contribution in [0.5, 0.6) is 0 Å². The number of hydrogen-bond donors (Lipinski definition) is 1. The van der Waals surface area contributed by atoms with Crippen LogP contribution >= 0.6 is 23.5 Å². The molecule has 0 aliphatic heterocycles. The summed E-state index contributed by atoms with van der Waals surface area (Å²) in [6.07, 6.45) is -29.6. The van der Waals surface area contributed by atoms with Gasteiger partial charge in [-0.2, -0.15) is 76.2 Å². The molecule has 0 rings (SSSR count). The number of thioether (sulfide) groups is 2. The summed E-state index contributed by atoms with van der Waals surface area (Å²) < 4.78 is 165. The van der Waals surface area contributed by atoms with E-state index in [1.165, 1.54) is 0 Å². The zero-order chi connectivity index (χ0) is 24.9. The van der Waals surface area contributed by atoms with Gasteiger partial charge in [0.1, 0.15) is 0 Å². The van der Waals surface area contributed by atoms with Crippen molar-refractivity contribution >= 4 is 23.5 Å². The Morgan fingerprint density at radius 1 is 0.613 bits per heavy atom. The fraction of sp³-hybridized carbons (Fsp3) is 1.00. The third kappa shape index (κ3) is 7.64. The van der Waals surface area contributed by atoms with Gasteiger partial charge in [-0.3, -0.25) is 0 Å². The minimum atomic E-state index is -6.21. The minimum absolute atomic E-state index is 0.334. The zero-order valence-corrected chi connectivity index (χ0v) is 17.3. The molecular formula is C15H19F13OS2. The molecule has 0 bridgehead atoms. The Hall–Kier alpha value is -0.250. The summed E-state index contributed by atoms with van der Waals surface area (Å²) in [4.78, 5) is 0. The number of aliphatic hydroxyl groups excluding tert-OH is 1. The number of halogens is 13. The van der Waals surface area contributed by atoms with E-state index in [1.807, 2.05) is 0 Å². The summed E-state index contributed by atoms with van der Waals surface area (Å²) in [5.74, 6) is -2.55. The lowest BCUT2D eigenvalue weighted by atomic mass is 9.81. The predicted octanol–water partition coefficient (Wildman–Crippen LogP) is 6.95. The van der Waals surface area contributed by atoms with Crippen molar-refractivity contribution < 1.29 is 62.2 Å². The van der Waals surface area contributed by atoms with Crippen LogP contribution in [0.2, 0.25) is 0 Å². The second-order valence-corrected chi connectivity index (χ2v) is 8.83. The first kappa shape index (κ1) is 30.8. The van der Waals surface area contributed by atoms with Crippen LogP contribution < -0.4 is 0 Å². The first-order valence-electron chi connectivity index (χ1n) is 8.45. The molecule has 1 nitrogen and oxygen atoms in total. The monoisotopic (exact) mass is 526 g/mol. The van der Waals surface area contributed by atoms with E-state index in [2.05, 4.69) is 0 Å². The molecule has 16 heteroatoms. The summed E-state index contributed by atoms with van der Waals surface area (Å²) in [6, 6.07) is 0. The Bertz CT molecular complexity index is 511. The maximum absolute atomic E-state index is 13.4. The maximum atomic E-state index is 13.4. The number of rotatable bonds is 11. The van der Waals surface area contributed by atoms with E-state index in [0.29, 0.717) is 23.5 Å². The molecular weight excluding hydrogens is 507 g/mol. The maximum Gasteiger partial charge on any atom is 0.431 e. The zero-order valence-electron chi connectivity index (χ0n) is 15.7. The van der Waals surface area contributed by atoms with Gasteiger partial charge in [0.25, 0.3) is 5.67 Å². The Labute approximate surface area is 177 Å². The summed E-state index contributed by atoms with van der Waals surface area (Å²) in [7, 11) is 0. The molecule has 0 saturated heterocycles. The highest BCUT2D eigenvalue weighted by molar-refractivity contribution is 8.00. The predicted molar refractivity (Wildman–Crippen MR) is 90.7 cm³/mol. The second-order valence-electron chi connectivity index (χ2n) is 6.53. The molecule has 1 unspecified atom stereocenters. The molecule has 1 N–H and O–H groups in total. The highest BCUT2D eigenvalue weighted by atomic mass is 32.2. The number of aliphatic hydroxyl groups is 1. The Balaban J connectivity index is 4.59. The molecule has 0 radical (unpaired) electrons. The average molecular weight is 526 g/mol. The first-order chi connectivity index (χ1) is 13.7. The van der Waals surface area contributed by atoms with E-state index >= 15 is 0 Å². The molecule has 1 atom stereocenters. The summed E-state index contributed by atoms with van der Waals surface area (Å²) in [5, 5.41) is 9.58. The van der Waals surface area contributed by atoms with Crippen molar-refractivity contribution in [3.05, 3.63) is 0 Å². The van der Waals surface area contributed by atoms with Crippen molar-refractivity contribution in [1.82, 2.24) is 0 Å². The van der Waals surface area contributed by atoms with Crippen molar-refractivity contribution in [2.75, 3.05) is 23.0 Å². The molecule has 0 aliphatic carbocycles. The Morgan fingerprint density at radius 2 is 0.968 bits per heavy atom. The van der Waals surface area contributed by atoms with Crippen LogP contribution in [-0.4, -0.2) is 64.6 Å². The average Bonchev–Trinajstić information content (AvgIpc) is 2.54. The second kappa shape index (κ2) is 10.8. The van der Waals surface area contributed by atoms with Gasteiger partial charge in [-0.1, -0.05) is 6.92 Å². The van der Waals surface area contributed by atoms with Crippen molar-refractivity contribution in [3.63, 3.8) is 0 Å². The highest BCUT2D eigenvalue weighted by Gasteiger charge is 2.72. The highest BCUT2D eigenvalue weighted by Crippen LogP contribution is 2.55. The Morgan fingerprint density at radius 3 is 1.26 bits per heavy atom. The summed E-state index contributed by atoms with van der Waals surface area (Å²) in [6.45, 7) is 0.726. The molecule has 188 valence electrons. The van der Waals surface area contributed by atoms with Crippen LogP contribution in [0.15, 0.2) is 0 Å². The molecule has 0 heterocycles. The van der Waals surface area contributed by atoms with E-state index in [1.54, 1.807) is 0 Å². The molecule has 0 aliphatic rings. The van der Waals surface area contributed by atoms with Crippen LogP contribution in [0.4, 0.5) is 57.1 Å². The van der Waals surface area contributed by atoms with E-state index in [4.69, 9.17) is 0 Å². The molecule has 0 aromatic rings. The molecule has 31 heavy (non-hydrogen) atoms. The topological polar surface area (TPSA) is 20.2 Å². The van der Waals surface area contributed by atoms with Crippen molar-refractivity contribution in [2.24, 2.45) is 5.41 Å². The van der Waals surface area contributed by atoms with Gasteiger partial charge >= 0.3 is 24.7 Å². The van der Waals surface area contributed by atoms with Gasteiger partial charge in [0.15, 0.2) is 5.41 Å². The molecule has 0 saturated carbocycles. The summed E-state index contributed by atoms with van der Waals surface area (Å²) >= 11 is 0.844. The van der Waals surface area contributed by atoms with Crippen molar-refractivity contribution in [3.8, 4) is 0 Å². The van der Waals surface area contributed by atoms with Crippen LogP contribution in [-0.2, 0) is 0 Å². The molecule has 0 amide bonds. The SMILES string of the molecule is CCC(CCSCC(O)CSCCC(F)(C(F)(F)F)C(F)(F)F)(C(F)(F)F)C(F)(F)F. The van der Waals surface area contributed by atoms with Gasteiger partial charge < -0.3 is 5.11 Å². The molecule has 0 spiro atoms. The lowest BCUT2D eigenvalue weighted by Crippen LogP contribution is -2.53. The Kier molecular flexibility index (Phi) is 10.7. The van der Waals surface area contributed by atoms with E-state index in [0.717, 1.165) is 6.92 Å². The third-order valence-corrected chi connectivity index (χ3v) is 6.70. The van der Waals surface area contributed by atoms with E-state index in [9.17, 15) is 62.2 Å². The third-order valence-electron chi connectivity index (χ3n) is 4.47. The van der Waals surface area contributed by atoms with Crippen LogP contribution in [0, 0.1) is 5.41 Å². The van der Waals surface area contributed by atoms with E-state index in [-0.39, 0.29) is 0 Å². The molecule has 0 aromatic carbocycles. The minimum Gasteiger partial charge on any atom is -0.391 e. The van der Waals surface area contributed by atoms with Gasteiger partial charge in [0, 0.05) is 17.9 Å². The van der Waals surface area contributed by atoms with Gasteiger partial charge in [0.05, 0.1) is 6.10 Å². The summed E-state index contributed by atoms with van der Waals surface area (Å²) in [5.41, 5.74) is -9.38. The number of hydrogen-bond acceptors (Lipinski definition) is 3. The standard InChI is InChI=1S/C15H19F13OS2/c1-2-10(12(17,18)19,13(20,21)22)3-5-30-7-9(29)8-31-6-4-11(16,14(23,24)25)15(26,27)28/h9,29H,2-8H2,1H3. The fourth-order valence-electron chi connectivity index (χ4n) is 2.41. The van der Waals surface area contributed by atoms with Crippen LogP contribution in [0.25, 0.3) is 0 Å². The van der Waals surface area contributed by atoms with Crippen molar-refractivity contribution in [2.45, 2.75) is 62.7 Å². The van der Waals surface area contributed by atoms with Gasteiger partial charge in [-0.25, -0.2) is 4.39 Å². The van der Waals surface area contributed by atoms with Gasteiger partial charge in [-0.15, -0.1) is 0 Å². The van der Waals surface area contributed by atoms with Crippen LogP contribution in [0.3, 0.4) is 0 Å². The van der Waals surface area contributed by atoms with E-state index < -0.39 is 84.2 Å². The van der Waals surface area contributed by atoms with Gasteiger partial charge in [-0.05, 0) is 24.3 Å². The largest absolute Gasteiger partial charge is 0.431 e.